The van der Waals surface area contributed by atoms with Crippen LogP contribution < -0.4 is 5.32 Å². The van der Waals surface area contributed by atoms with Crippen molar-refractivity contribution in [2.24, 2.45) is 0 Å². The van der Waals surface area contributed by atoms with Crippen molar-refractivity contribution < 1.29 is 4.79 Å². The van der Waals surface area contributed by atoms with Gasteiger partial charge in [0.2, 0.25) is 0 Å². The minimum Gasteiger partial charge on any atom is -0.361 e. The van der Waals surface area contributed by atoms with Crippen molar-refractivity contribution in [3.8, 4) is 0 Å². The molecule has 1 aliphatic heterocycles. The minimum absolute atomic E-state index is 0.126. The first-order valence-corrected chi connectivity index (χ1v) is 10.6. The highest BCUT2D eigenvalue weighted by atomic mass is 35.5. The number of hydrogen-bond donors (Lipinski definition) is 2. The fraction of sp³-hybridized carbons (Fsp3) is 0.227. The number of fused-ring (bicyclic) bond motifs is 1. The molecule has 1 atom stereocenters. The van der Waals surface area contributed by atoms with Crippen molar-refractivity contribution in [1.82, 2.24) is 10.3 Å². The van der Waals surface area contributed by atoms with E-state index < -0.39 is 0 Å². The van der Waals surface area contributed by atoms with Crippen LogP contribution in [0.2, 0.25) is 5.02 Å². The summed E-state index contributed by atoms with van der Waals surface area (Å²) in [6, 6.07) is 16.0. The van der Waals surface area contributed by atoms with Crippen LogP contribution in [0.5, 0.6) is 0 Å². The number of carbonyl (C=O) groups is 1. The van der Waals surface area contributed by atoms with Crippen LogP contribution >= 0.6 is 23.4 Å². The zero-order chi connectivity index (χ0) is 18.6. The molecule has 0 bridgehead atoms. The highest BCUT2D eigenvalue weighted by Crippen LogP contribution is 2.26. The molecule has 0 fully saturated rings. The Balaban J connectivity index is 1.34. The Hall–Kier alpha value is -2.01. The lowest BCUT2D eigenvalue weighted by Crippen LogP contribution is -2.40. The van der Waals surface area contributed by atoms with Crippen LogP contribution in [-0.4, -0.2) is 29.1 Å². The standard InChI is InChI=1S/C22H21ClN2OS/c23-18-5-3-4-15(10-18)16-8-9-24-21(11-16)22(26)14-27-13-17-12-25-20-7-2-1-6-19(17)20/h1-8,10,12,21,24-25H,9,11,13-14H2. The van der Waals surface area contributed by atoms with Crippen LogP contribution in [0.1, 0.15) is 17.5 Å². The molecule has 0 saturated heterocycles. The van der Waals surface area contributed by atoms with Crippen LogP contribution in [0.25, 0.3) is 16.5 Å². The zero-order valence-electron chi connectivity index (χ0n) is 14.9. The van der Waals surface area contributed by atoms with E-state index in [2.05, 4.69) is 34.6 Å². The van der Waals surface area contributed by atoms with Crippen LogP contribution in [0.4, 0.5) is 0 Å². The van der Waals surface area contributed by atoms with Crippen molar-refractivity contribution in [3.63, 3.8) is 0 Å². The molecule has 0 amide bonds. The van der Waals surface area contributed by atoms with Crippen molar-refractivity contribution in [1.29, 1.82) is 0 Å². The molecule has 1 aromatic heterocycles. The molecule has 4 rings (SSSR count). The third kappa shape index (κ3) is 4.29. The maximum Gasteiger partial charge on any atom is 0.159 e. The van der Waals surface area contributed by atoms with Gasteiger partial charge in [0, 0.05) is 34.4 Å². The molecular formula is C22H21ClN2OS. The van der Waals surface area contributed by atoms with E-state index in [9.17, 15) is 4.79 Å². The average Bonchev–Trinajstić information content (AvgIpc) is 3.11. The molecule has 2 heterocycles. The number of rotatable bonds is 6. The first-order valence-electron chi connectivity index (χ1n) is 9.04. The predicted octanol–water partition coefficient (Wildman–Crippen LogP) is 5.07. The maximum absolute atomic E-state index is 12.7. The van der Waals surface area contributed by atoms with E-state index in [1.54, 1.807) is 11.8 Å². The molecule has 27 heavy (non-hydrogen) atoms. The van der Waals surface area contributed by atoms with E-state index in [0.29, 0.717) is 18.7 Å². The molecule has 138 valence electrons. The Morgan fingerprint density at radius 1 is 1.19 bits per heavy atom. The number of carbonyl (C=O) groups excluding carboxylic acids is 1. The molecule has 3 nitrogen and oxygen atoms in total. The fourth-order valence-electron chi connectivity index (χ4n) is 3.46. The summed E-state index contributed by atoms with van der Waals surface area (Å²) in [6.45, 7) is 0.714. The topological polar surface area (TPSA) is 44.9 Å². The van der Waals surface area contributed by atoms with Gasteiger partial charge in [-0.05, 0) is 41.3 Å². The lowest BCUT2D eigenvalue weighted by atomic mass is 9.94. The Morgan fingerprint density at radius 3 is 2.96 bits per heavy atom. The van der Waals surface area contributed by atoms with Crippen LogP contribution in [0, 0.1) is 0 Å². The summed E-state index contributed by atoms with van der Waals surface area (Å²) < 4.78 is 0. The summed E-state index contributed by atoms with van der Waals surface area (Å²) in [5, 5.41) is 5.29. The van der Waals surface area contributed by atoms with Gasteiger partial charge in [-0.25, -0.2) is 0 Å². The molecule has 0 saturated carbocycles. The normalized spacial score (nSPS) is 17.1. The predicted molar refractivity (Wildman–Crippen MR) is 115 cm³/mol. The van der Waals surface area contributed by atoms with E-state index in [4.69, 9.17) is 11.6 Å². The van der Waals surface area contributed by atoms with Gasteiger partial charge in [0.25, 0.3) is 0 Å². The highest BCUT2D eigenvalue weighted by molar-refractivity contribution is 7.99. The first-order chi connectivity index (χ1) is 13.2. The summed E-state index contributed by atoms with van der Waals surface area (Å²) >= 11 is 7.78. The van der Waals surface area contributed by atoms with Crippen molar-refractivity contribution in [2.75, 3.05) is 12.3 Å². The van der Waals surface area contributed by atoms with Crippen molar-refractivity contribution in [3.05, 3.63) is 77.0 Å². The van der Waals surface area contributed by atoms with Crippen molar-refractivity contribution in [2.45, 2.75) is 18.2 Å². The van der Waals surface area contributed by atoms with E-state index >= 15 is 0 Å². The lowest BCUT2D eigenvalue weighted by molar-refractivity contribution is -0.118. The number of hydrogen-bond acceptors (Lipinski definition) is 3. The van der Waals surface area contributed by atoms with Crippen molar-refractivity contribution >= 4 is 45.6 Å². The summed E-state index contributed by atoms with van der Waals surface area (Å²) in [6.07, 6.45) is 4.91. The third-order valence-electron chi connectivity index (χ3n) is 4.90. The Morgan fingerprint density at radius 2 is 2.07 bits per heavy atom. The van der Waals surface area contributed by atoms with E-state index in [1.807, 2.05) is 36.5 Å². The van der Waals surface area contributed by atoms with E-state index in [1.165, 1.54) is 16.5 Å². The number of halogens is 1. The largest absolute Gasteiger partial charge is 0.361 e. The van der Waals surface area contributed by atoms with Gasteiger partial charge in [-0.15, -0.1) is 11.8 Å². The Bertz CT molecular complexity index is 995. The second kappa shape index (κ2) is 8.34. The number of ketones is 1. The minimum atomic E-state index is -0.126. The number of thioether (sulfide) groups is 1. The number of H-pyrrole nitrogens is 1. The van der Waals surface area contributed by atoms with Gasteiger partial charge in [-0.2, -0.15) is 0 Å². The number of para-hydroxylation sites is 1. The third-order valence-corrected chi connectivity index (χ3v) is 6.14. The quantitative estimate of drug-likeness (QED) is 0.611. The second-order valence-electron chi connectivity index (χ2n) is 6.72. The Labute approximate surface area is 168 Å². The molecule has 5 heteroatoms. The molecule has 0 radical (unpaired) electrons. The van der Waals surface area contributed by atoms with Gasteiger partial charge >= 0.3 is 0 Å². The van der Waals surface area contributed by atoms with Gasteiger partial charge < -0.3 is 10.3 Å². The van der Waals surface area contributed by atoms with Gasteiger partial charge in [0.05, 0.1) is 11.8 Å². The maximum atomic E-state index is 12.7. The lowest BCUT2D eigenvalue weighted by Gasteiger charge is -2.23. The zero-order valence-corrected chi connectivity index (χ0v) is 16.4. The monoisotopic (exact) mass is 396 g/mol. The van der Waals surface area contributed by atoms with Gasteiger partial charge in [0.1, 0.15) is 0 Å². The molecule has 3 aromatic rings. The SMILES string of the molecule is O=C(CSCc1c[nH]c2ccccc12)C1CC(c2cccc(Cl)c2)=CCN1. The number of aromatic amines is 1. The van der Waals surface area contributed by atoms with Gasteiger partial charge in [-0.3, -0.25) is 4.79 Å². The van der Waals surface area contributed by atoms with Crippen LogP contribution in [0.15, 0.2) is 60.8 Å². The second-order valence-corrected chi connectivity index (χ2v) is 8.15. The summed E-state index contributed by atoms with van der Waals surface area (Å²) in [7, 11) is 0. The highest BCUT2D eigenvalue weighted by Gasteiger charge is 2.22. The molecule has 0 aliphatic carbocycles. The Kier molecular flexibility index (Phi) is 5.67. The molecular weight excluding hydrogens is 376 g/mol. The number of aromatic nitrogens is 1. The molecule has 2 N–H and O–H groups in total. The van der Waals surface area contributed by atoms with Crippen LogP contribution in [-0.2, 0) is 10.5 Å². The summed E-state index contributed by atoms with van der Waals surface area (Å²) in [5.41, 5.74) is 4.69. The number of nitrogens with one attached hydrogen (secondary N) is 2. The van der Waals surface area contributed by atoms with Gasteiger partial charge in [-0.1, -0.05) is 48.0 Å². The molecule has 1 aliphatic rings. The molecule has 1 unspecified atom stereocenters. The summed E-state index contributed by atoms with van der Waals surface area (Å²) in [5.74, 6) is 1.60. The number of benzene rings is 2. The smallest absolute Gasteiger partial charge is 0.159 e. The fourth-order valence-corrected chi connectivity index (χ4v) is 4.62. The summed E-state index contributed by atoms with van der Waals surface area (Å²) in [4.78, 5) is 16.0. The average molecular weight is 397 g/mol. The number of Topliss-reactive ketones (excluding diaryl/α,β-unsaturated/α-hetero) is 1. The van der Waals surface area contributed by atoms with E-state index in [0.717, 1.165) is 21.9 Å². The first kappa shape index (κ1) is 18.4. The molecule has 2 aromatic carbocycles. The molecule has 0 spiro atoms. The van der Waals surface area contributed by atoms with E-state index in [-0.39, 0.29) is 11.8 Å². The van der Waals surface area contributed by atoms with Crippen LogP contribution in [0.3, 0.4) is 0 Å². The van der Waals surface area contributed by atoms with Gasteiger partial charge in [0.15, 0.2) is 5.78 Å².